The molecule has 29 heavy (non-hydrogen) atoms. The number of aromatic nitrogens is 2. The average molecular weight is 405 g/mol. The van der Waals surface area contributed by atoms with Crippen LogP contribution in [0.5, 0.6) is 0 Å². The number of anilines is 1. The first-order valence-corrected chi connectivity index (χ1v) is 9.31. The largest absolute Gasteiger partial charge is 0.417 e. The van der Waals surface area contributed by atoms with Gasteiger partial charge in [-0.15, -0.1) is 0 Å². The summed E-state index contributed by atoms with van der Waals surface area (Å²) >= 11 is 0. The lowest BCUT2D eigenvalue weighted by Crippen LogP contribution is -2.40. The van der Waals surface area contributed by atoms with E-state index in [0.717, 1.165) is 43.6 Å². The van der Waals surface area contributed by atoms with E-state index in [0.29, 0.717) is 5.92 Å². The fraction of sp³-hybridized carbons (Fsp3) is 0.450. The molecule has 2 aromatic rings. The van der Waals surface area contributed by atoms with Crippen LogP contribution in [0.3, 0.4) is 0 Å². The van der Waals surface area contributed by atoms with E-state index in [1.165, 1.54) is 16.8 Å². The van der Waals surface area contributed by atoms with Gasteiger partial charge in [-0.05, 0) is 69.5 Å². The van der Waals surface area contributed by atoms with Crippen LogP contribution in [0.4, 0.5) is 18.9 Å². The minimum absolute atomic E-state index is 0.0277. The zero-order valence-corrected chi connectivity index (χ0v) is 16.2. The van der Waals surface area contributed by atoms with Gasteiger partial charge >= 0.3 is 6.18 Å². The highest BCUT2D eigenvalue weighted by Crippen LogP contribution is 2.34. The summed E-state index contributed by atoms with van der Waals surface area (Å²) in [6.07, 6.45) is 0.866. The number of benzene rings is 1. The van der Waals surface area contributed by atoms with Crippen LogP contribution in [0.25, 0.3) is 0 Å². The molecule has 1 aliphatic rings. The molecule has 0 saturated carbocycles. The number of rotatable bonds is 4. The van der Waals surface area contributed by atoms with Crippen LogP contribution < -0.4 is 10.6 Å². The quantitative estimate of drug-likeness (QED) is 0.814. The van der Waals surface area contributed by atoms with Gasteiger partial charge in [-0.25, -0.2) is 0 Å². The fourth-order valence-electron chi connectivity index (χ4n) is 3.35. The molecule has 1 fully saturated rings. The third-order valence-corrected chi connectivity index (χ3v) is 5.24. The van der Waals surface area contributed by atoms with Gasteiger partial charge in [-0.1, -0.05) is 0 Å². The topological polar surface area (TPSA) is 82.7 Å². The van der Waals surface area contributed by atoms with Crippen molar-refractivity contribution in [3.63, 3.8) is 0 Å². The molecule has 1 aliphatic heterocycles. The Balaban J connectivity index is 1.79. The second-order valence-electron chi connectivity index (χ2n) is 7.63. The van der Waals surface area contributed by atoms with Crippen molar-refractivity contribution in [1.29, 1.82) is 5.26 Å². The molecule has 0 bridgehead atoms. The Labute approximate surface area is 166 Å². The Morgan fingerprint density at radius 1 is 1.31 bits per heavy atom. The lowest BCUT2D eigenvalue weighted by Gasteiger charge is -2.25. The maximum absolute atomic E-state index is 13.1. The van der Waals surface area contributed by atoms with Gasteiger partial charge in [0.2, 0.25) is 0 Å². The van der Waals surface area contributed by atoms with Gasteiger partial charge in [-0.3, -0.25) is 9.48 Å². The molecule has 0 aliphatic carbocycles. The smallest absolute Gasteiger partial charge is 0.324 e. The van der Waals surface area contributed by atoms with Gasteiger partial charge in [0.15, 0.2) is 0 Å². The van der Waals surface area contributed by atoms with Gasteiger partial charge in [0, 0.05) is 11.9 Å². The summed E-state index contributed by atoms with van der Waals surface area (Å²) in [7, 11) is 0. The average Bonchev–Trinajstić information content (AvgIpc) is 3.19. The highest BCUT2D eigenvalue weighted by atomic mass is 19.4. The number of amides is 1. The van der Waals surface area contributed by atoms with Gasteiger partial charge < -0.3 is 10.6 Å². The van der Waals surface area contributed by atoms with Crippen molar-refractivity contribution < 1.29 is 18.0 Å². The number of nitriles is 1. The van der Waals surface area contributed by atoms with Crippen molar-refractivity contribution in [2.45, 2.75) is 44.3 Å². The van der Waals surface area contributed by atoms with E-state index in [1.807, 2.05) is 6.20 Å². The molecule has 154 valence electrons. The van der Waals surface area contributed by atoms with Gasteiger partial charge in [0.05, 0.1) is 23.4 Å². The Morgan fingerprint density at radius 2 is 2.00 bits per heavy atom. The molecule has 0 radical (unpaired) electrons. The molecule has 6 nitrogen and oxygen atoms in total. The molecule has 1 amide bonds. The highest BCUT2D eigenvalue weighted by Gasteiger charge is 2.35. The first kappa shape index (κ1) is 20.9. The number of nitrogens with zero attached hydrogens (tertiary/aromatic N) is 3. The van der Waals surface area contributed by atoms with Crippen LogP contribution >= 0.6 is 0 Å². The molecule has 1 aromatic carbocycles. The third kappa shape index (κ3) is 4.43. The molecule has 2 heterocycles. The summed E-state index contributed by atoms with van der Waals surface area (Å²) in [5, 5.41) is 19.0. The predicted molar refractivity (Wildman–Crippen MR) is 101 cm³/mol. The summed E-state index contributed by atoms with van der Waals surface area (Å²) < 4.78 is 41.0. The second kappa shape index (κ2) is 7.87. The zero-order valence-electron chi connectivity index (χ0n) is 16.2. The van der Waals surface area contributed by atoms with Crippen molar-refractivity contribution in [2.24, 2.45) is 0 Å². The molecule has 2 N–H and O–H groups in total. The standard InChI is InChI=1S/C20H22F3N5O/c1-19(2,28-12-15(11-26-28)13-5-7-25-8-6-13)18(29)27-16-4-3-14(10-24)17(9-16)20(21,22)23/h3-4,9,11-13,25H,5-8H2,1-2H3,(H,27,29). The van der Waals surface area contributed by atoms with Crippen LogP contribution in [-0.2, 0) is 16.5 Å². The number of alkyl halides is 3. The van der Waals surface area contributed by atoms with Gasteiger partial charge in [0.1, 0.15) is 5.54 Å². The maximum Gasteiger partial charge on any atom is 0.417 e. The lowest BCUT2D eigenvalue weighted by molar-refractivity contribution is -0.137. The van der Waals surface area contributed by atoms with Crippen molar-refractivity contribution in [3.8, 4) is 6.07 Å². The number of piperidine rings is 1. The minimum Gasteiger partial charge on any atom is -0.324 e. The normalized spacial score (nSPS) is 15.7. The van der Waals surface area contributed by atoms with Crippen molar-refractivity contribution in [3.05, 3.63) is 47.3 Å². The molecule has 9 heteroatoms. The monoisotopic (exact) mass is 405 g/mol. The van der Waals surface area contributed by atoms with E-state index in [1.54, 1.807) is 20.0 Å². The fourth-order valence-corrected chi connectivity index (χ4v) is 3.35. The van der Waals surface area contributed by atoms with E-state index >= 15 is 0 Å². The van der Waals surface area contributed by atoms with Gasteiger partial charge in [-0.2, -0.15) is 23.5 Å². The molecule has 1 aromatic heterocycles. The van der Waals surface area contributed by atoms with Crippen LogP contribution in [0.2, 0.25) is 0 Å². The highest BCUT2D eigenvalue weighted by molar-refractivity contribution is 5.96. The molecule has 0 unspecified atom stereocenters. The summed E-state index contributed by atoms with van der Waals surface area (Å²) in [5.74, 6) is -0.132. The number of hydrogen-bond donors (Lipinski definition) is 2. The van der Waals surface area contributed by atoms with Crippen molar-refractivity contribution in [1.82, 2.24) is 15.1 Å². The van der Waals surface area contributed by atoms with E-state index in [-0.39, 0.29) is 5.69 Å². The Morgan fingerprint density at radius 3 is 2.62 bits per heavy atom. The Bertz CT molecular complexity index is 936. The Hall–Kier alpha value is -2.86. The van der Waals surface area contributed by atoms with Gasteiger partial charge in [0.25, 0.3) is 5.91 Å². The van der Waals surface area contributed by atoms with Crippen molar-refractivity contribution in [2.75, 3.05) is 18.4 Å². The van der Waals surface area contributed by atoms with Crippen LogP contribution in [0.1, 0.15) is 49.3 Å². The van der Waals surface area contributed by atoms with Crippen LogP contribution in [-0.4, -0.2) is 28.8 Å². The zero-order chi connectivity index (χ0) is 21.2. The summed E-state index contributed by atoms with van der Waals surface area (Å²) in [4.78, 5) is 12.8. The number of hydrogen-bond acceptors (Lipinski definition) is 4. The molecule has 3 rings (SSSR count). The second-order valence-corrected chi connectivity index (χ2v) is 7.63. The maximum atomic E-state index is 13.1. The molecule has 0 atom stereocenters. The first-order chi connectivity index (χ1) is 13.6. The van der Waals surface area contributed by atoms with E-state index < -0.39 is 28.7 Å². The number of halogens is 3. The van der Waals surface area contributed by atoms with Crippen molar-refractivity contribution >= 4 is 11.6 Å². The molecule has 0 spiro atoms. The predicted octanol–water partition coefficient (Wildman–Crippen LogP) is 3.61. The van der Waals surface area contributed by atoms with Crippen LogP contribution in [0, 0.1) is 11.3 Å². The van der Waals surface area contributed by atoms with E-state index in [2.05, 4.69) is 15.7 Å². The first-order valence-electron chi connectivity index (χ1n) is 9.31. The number of carbonyl (C=O) groups is 1. The molecule has 1 saturated heterocycles. The number of carbonyl (C=O) groups excluding carboxylic acids is 1. The molecular formula is C20H22F3N5O. The lowest BCUT2D eigenvalue weighted by atomic mass is 9.92. The summed E-state index contributed by atoms with van der Waals surface area (Å²) in [6, 6.07) is 4.63. The van der Waals surface area contributed by atoms with E-state index in [9.17, 15) is 18.0 Å². The Kier molecular flexibility index (Phi) is 5.66. The minimum atomic E-state index is -4.69. The van der Waals surface area contributed by atoms with E-state index in [4.69, 9.17) is 5.26 Å². The summed E-state index contributed by atoms with van der Waals surface area (Å²) in [5.41, 5.74) is -1.67. The molecular weight excluding hydrogens is 383 g/mol. The third-order valence-electron chi connectivity index (χ3n) is 5.24. The number of nitrogens with one attached hydrogen (secondary N) is 2. The van der Waals surface area contributed by atoms with Crippen LogP contribution in [0.15, 0.2) is 30.6 Å². The summed E-state index contributed by atoms with van der Waals surface area (Å²) in [6.45, 7) is 5.16. The SMILES string of the molecule is CC(C)(C(=O)Nc1ccc(C#N)c(C(F)(F)F)c1)n1cc(C2CCNCC2)cn1.